The van der Waals surface area contributed by atoms with E-state index in [0.29, 0.717) is 17.9 Å². The molecule has 0 aliphatic carbocycles. The summed E-state index contributed by atoms with van der Waals surface area (Å²) in [4.78, 5) is 28.2. The van der Waals surface area contributed by atoms with Crippen LogP contribution in [0.1, 0.15) is 35.2 Å². The average molecular weight is 561 g/mol. The minimum Gasteiger partial charge on any atom is -0.459 e. The number of hydrogen-bond acceptors (Lipinski definition) is 8. The number of aromatic nitrogens is 3. The summed E-state index contributed by atoms with van der Waals surface area (Å²) in [6.45, 7) is 1.81. The van der Waals surface area contributed by atoms with Crippen molar-refractivity contribution in [2.45, 2.75) is 25.9 Å². The van der Waals surface area contributed by atoms with E-state index in [9.17, 15) is 22.8 Å². The van der Waals surface area contributed by atoms with Gasteiger partial charge in [0, 0.05) is 24.4 Å². The molecule has 1 amide bonds. The van der Waals surface area contributed by atoms with Crippen molar-refractivity contribution >= 4 is 29.2 Å². The zero-order valence-corrected chi connectivity index (χ0v) is 21.0. The zero-order chi connectivity index (χ0) is 28.0. The Bertz CT molecular complexity index is 1490. The highest BCUT2D eigenvalue weighted by molar-refractivity contribution is 6.31. The van der Waals surface area contributed by atoms with E-state index in [0.717, 1.165) is 17.7 Å². The summed E-state index contributed by atoms with van der Waals surface area (Å²) in [5, 5.41) is 9.48. The number of ether oxygens (including phenoxy) is 2. The highest BCUT2D eigenvalue weighted by atomic mass is 35.5. The van der Waals surface area contributed by atoms with Crippen molar-refractivity contribution in [3.63, 3.8) is 0 Å². The molecule has 39 heavy (non-hydrogen) atoms. The Hall–Kier alpha value is -4.45. The van der Waals surface area contributed by atoms with Crippen molar-refractivity contribution in [3.8, 4) is 23.1 Å². The Morgan fingerprint density at radius 1 is 1.05 bits per heavy atom. The number of aryl methyl sites for hydroxylation is 1. The van der Waals surface area contributed by atoms with E-state index in [-0.39, 0.29) is 36.2 Å². The fourth-order valence-corrected chi connectivity index (χ4v) is 3.62. The molecule has 4 rings (SSSR count). The van der Waals surface area contributed by atoms with E-state index >= 15 is 0 Å². The van der Waals surface area contributed by atoms with Crippen LogP contribution < -0.4 is 10.1 Å². The fraction of sp³-hybridized carbons (Fsp3) is 0.192. The molecule has 4 aromatic rings. The molecule has 0 saturated carbocycles. The number of benzene rings is 2. The van der Waals surface area contributed by atoms with Gasteiger partial charge in [0.05, 0.1) is 17.2 Å². The number of nitrogens with one attached hydrogen (secondary N) is 1. The third-order valence-corrected chi connectivity index (χ3v) is 5.49. The second-order valence-corrected chi connectivity index (χ2v) is 8.41. The first kappa shape index (κ1) is 27.6. The van der Waals surface area contributed by atoms with E-state index < -0.39 is 28.6 Å². The molecule has 0 spiro atoms. The summed E-state index contributed by atoms with van der Waals surface area (Å²) in [6, 6.07) is 13.3. The standard InChI is InChI=1S/C26H20ClF3N4O5/c1-2-37-25(36)24-34-33-23(39-24)21-14-18(10-11-31-21)38-17-5-3-4-15(12-17)6-9-22(35)32-16-7-8-20(27)19(13-16)26(28,29)30/h3-5,7-8,10-14H,2,6,9H2,1H3,(H,32,35). The van der Waals surface area contributed by atoms with Crippen LogP contribution in [0.3, 0.4) is 0 Å². The van der Waals surface area contributed by atoms with Gasteiger partial charge in [-0.1, -0.05) is 23.7 Å². The van der Waals surface area contributed by atoms with Gasteiger partial charge in [0.25, 0.3) is 5.89 Å². The Kier molecular flexibility index (Phi) is 8.45. The number of nitrogens with zero attached hydrogens (tertiary/aromatic N) is 3. The van der Waals surface area contributed by atoms with Crippen LogP contribution in [0.15, 0.2) is 65.2 Å². The maximum Gasteiger partial charge on any atom is 0.417 e. The summed E-state index contributed by atoms with van der Waals surface area (Å²) in [7, 11) is 0. The number of carbonyl (C=O) groups is 2. The third-order valence-electron chi connectivity index (χ3n) is 5.16. The molecule has 13 heteroatoms. The van der Waals surface area contributed by atoms with Crippen molar-refractivity contribution in [2.24, 2.45) is 0 Å². The van der Waals surface area contributed by atoms with Gasteiger partial charge in [-0.25, -0.2) is 4.79 Å². The summed E-state index contributed by atoms with van der Waals surface area (Å²) < 4.78 is 55.2. The molecule has 0 bridgehead atoms. The Morgan fingerprint density at radius 3 is 2.62 bits per heavy atom. The number of amides is 1. The van der Waals surface area contributed by atoms with Crippen LogP contribution in [0, 0.1) is 0 Å². The number of esters is 1. The Balaban J connectivity index is 1.37. The van der Waals surface area contributed by atoms with Gasteiger partial charge in [-0.05, 0) is 55.3 Å². The van der Waals surface area contributed by atoms with E-state index in [2.05, 4.69) is 20.5 Å². The summed E-state index contributed by atoms with van der Waals surface area (Å²) in [6.07, 6.45) is -2.84. The maximum atomic E-state index is 13.1. The quantitative estimate of drug-likeness (QED) is 0.236. The largest absolute Gasteiger partial charge is 0.459 e. The first-order chi connectivity index (χ1) is 18.6. The van der Waals surface area contributed by atoms with Crippen molar-refractivity contribution < 1.29 is 36.7 Å². The van der Waals surface area contributed by atoms with Crippen LogP contribution >= 0.6 is 11.6 Å². The van der Waals surface area contributed by atoms with Gasteiger partial charge < -0.3 is 19.2 Å². The number of alkyl halides is 3. The molecule has 0 unspecified atom stereocenters. The van der Waals surface area contributed by atoms with Crippen LogP contribution in [-0.4, -0.2) is 33.7 Å². The molecular weight excluding hydrogens is 541 g/mol. The van der Waals surface area contributed by atoms with Crippen LogP contribution in [0.4, 0.5) is 18.9 Å². The average Bonchev–Trinajstić information content (AvgIpc) is 3.39. The van der Waals surface area contributed by atoms with Gasteiger partial charge in [0.2, 0.25) is 5.91 Å². The van der Waals surface area contributed by atoms with E-state index in [1.165, 1.54) is 12.3 Å². The first-order valence-corrected chi connectivity index (χ1v) is 11.9. The van der Waals surface area contributed by atoms with Crippen molar-refractivity contribution in [3.05, 3.63) is 82.8 Å². The van der Waals surface area contributed by atoms with Gasteiger partial charge >= 0.3 is 18.0 Å². The predicted molar refractivity (Wildman–Crippen MR) is 133 cm³/mol. The summed E-state index contributed by atoms with van der Waals surface area (Å²) in [5.74, 6) is -0.630. The first-order valence-electron chi connectivity index (χ1n) is 11.5. The molecule has 0 fully saturated rings. The number of hydrogen-bond donors (Lipinski definition) is 1. The SMILES string of the molecule is CCOC(=O)c1nnc(-c2cc(Oc3cccc(CCC(=O)Nc4ccc(Cl)c(C(F)(F)F)c4)c3)ccn2)o1. The van der Waals surface area contributed by atoms with Crippen molar-refractivity contribution in [1.82, 2.24) is 15.2 Å². The normalized spacial score (nSPS) is 11.2. The van der Waals surface area contributed by atoms with Gasteiger partial charge in [0.1, 0.15) is 17.2 Å². The van der Waals surface area contributed by atoms with Crippen LogP contribution in [0.5, 0.6) is 11.5 Å². The van der Waals surface area contributed by atoms with Crippen molar-refractivity contribution in [2.75, 3.05) is 11.9 Å². The smallest absolute Gasteiger partial charge is 0.417 e. The summed E-state index contributed by atoms with van der Waals surface area (Å²) in [5.41, 5.74) is 0.0155. The monoisotopic (exact) mass is 560 g/mol. The van der Waals surface area contributed by atoms with Crippen LogP contribution in [0.2, 0.25) is 5.02 Å². The number of carbonyl (C=O) groups excluding carboxylic acids is 2. The van der Waals surface area contributed by atoms with Gasteiger partial charge in [-0.15, -0.1) is 10.2 Å². The molecule has 1 N–H and O–H groups in total. The minimum absolute atomic E-state index is 0.00192. The number of pyridine rings is 1. The molecule has 0 saturated heterocycles. The Labute approximate surface area is 224 Å². The lowest BCUT2D eigenvalue weighted by molar-refractivity contribution is -0.137. The molecular formula is C26H20ClF3N4O5. The molecule has 2 heterocycles. The second kappa shape index (κ2) is 11.9. The second-order valence-electron chi connectivity index (χ2n) is 8.00. The lowest BCUT2D eigenvalue weighted by Crippen LogP contribution is -2.14. The fourth-order valence-electron chi connectivity index (χ4n) is 3.40. The number of rotatable bonds is 9. The summed E-state index contributed by atoms with van der Waals surface area (Å²) >= 11 is 5.62. The maximum absolute atomic E-state index is 13.1. The van der Waals surface area contributed by atoms with Gasteiger partial charge in [-0.3, -0.25) is 9.78 Å². The topological polar surface area (TPSA) is 116 Å². The molecule has 0 aliphatic rings. The molecule has 2 aromatic carbocycles. The molecule has 0 atom stereocenters. The lowest BCUT2D eigenvalue weighted by atomic mass is 10.1. The van der Waals surface area contributed by atoms with Gasteiger partial charge in [-0.2, -0.15) is 13.2 Å². The van der Waals surface area contributed by atoms with E-state index in [4.69, 9.17) is 25.5 Å². The predicted octanol–water partition coefficient (Wildman–Crippen LogP) is 6.34. The van der Waals surface area contributed by atoms with Crippen LogP contribution in [0.25, 0.3) is 11.6 Å². The zero-order valence-electron chi connectivity index (χ0n) is 20.3. The van der Waals surface area contributed by atoms with E-state index in [1.54, 1.807) is 43.3 Å². The third kappa shape index (κ3) is 7.32. The highest BCUT2D eigenvalue weighted by Gasteiger charge is 2.33. The molecule has 2 aromatic heterocycles. The lowest BCUT2D eigenvalue weighted by Gasteiger charge is -2.12. The molecule has 9 nitrogen and oxygen atoms in total. The molecule has 0 radical (unpaired) electrons. The number of anilines is 1. The van der Waals surface area contributed by atoms with Gasteiger partial charge in [0.15, 0.2) is 0 Å². The minimum atomic E-state index is -4.63. The molecule has 202 valence electrons. The molecule has 0 aliphatic heterocycles. The van der Waals surface area contributed by atoms with Crippen molar-refractivity contribution in [1.29, 1.82) is 0 Å². The van der Waals surface area contributed by atoms with Crippen LogP contribution in [-0.2, 0) is 22.1 Å². The number of halogens is 4. The Morgan fingerprint density at radius 2 is 1.85 bits per heavy atom. The van der Waals surface area contributed by atoms with E-state index in [1.807, 2.05) is 0 Å². The highest BCUT2D eigenvalue weighted by Crippen LogP contribution is 2.36.